The van der Waals surface area contributed by atoms with Crippen LogP contribution in [-0.2, 0) is 27.9 Å². The second-order valence-electron chi connectivity index (χ2n) is 11.2. The molecule has 0 radical (unpaired) electrons. The van der Waals surface area contributed by atoms with Crippen LogP contribution in [0, 0.1) is 0 Å². The lowest BCUT2D eigenvalue weighted by Crippen LogP contribution is -2.30. The normalized spacial score (nSPS) is 14.6. The average Bonchev–Trinajstić information content (AvgIpc) is 2.95. The fourth-order valence-corrected chi connectivity index (χ4v) is 5.37. The van der Waals surface area contributed by atoms with Crippen LogP contribution in [0.15, 0.2) is 0 Å². The van der Waals surface area contributed by atoms with E-state index in [1.807, 2.05) is 0 Å². The van der Waals surface area contributed by atoms with Crippen LogP contribution in [0.3, 0.4) is 0 Å². The summed E-state index contributed by atoms with van der Waals surface area (Å²) in [6, 6.07) is 0. The number of esters is 1. The minimum atomic E-state index is -4.33. The monoisotopic (exact) mass is 609 g/mol. The largest absolute Gasteiger partial charge is 0.472 e. The number of aliphatic hydroxyl groups is 1. The second-order valence-corrected chi connectivity index (χ2v) is 12.6. The van der Waals surface area contributed by atoms with Gasteiger partial charge in [0.05, 0.1) is 19.8 Å². The third-order valence-electron chi connectivity index (χ3n) is 7.11. The number of nitrogens with two attached hydrogens (primary N) is 1. The first-order chi connectivity index (χ1) is 19.8. The van der Waals surface area contributed by atoms with Gasteiger partial charge in [0.2, 0.25) is 0 Å². The first-order valence-corrected chi connectivity index (χ1v) is 18.1. The van der Waals surface area contributed by atoms with Crippen LogP contribution in [0.5, 0.6) is 0 Å². The molecule has 246 valence electrons. The third-order valence-corrected chi connectivity index (χ3v) is 8.09. The highest BCUT2D eigenvalue weighted by Crippen LogP contribution is 2.43. The van der Waals surface area contributed by atoms with E-state index in [4.69, 9.17) is 24.3 Å². The van der Waals surface area contributed by atoms with Crippen LogP contribution >= 0.6 is 7.82 Å². The Morgan fingerprint density at radius 2 is 1.17 bits per heavy atom. The van der Waals surface area contributed by atoms with Crippen molar-refractivity contribution in [3.05, 3.63) is 0 Å². The maximum atomic E-state index is 12.4. The first-order valence-electron chi connectivity index (χ1n) is 16.7. The summed E-state index contributed by atoms with van der Waals surface area (Å²) in [6.07, 6.45) is 22.5. The highest BCUT2D eigenvalue weighted by atomic mass is 31.2. The molecule has 0 bridgehead atoms. The summed E-state index contributed by atoms with van der Waals surface area (Å²) in [6.45, 7) is 3.86. The van der Waals surface area contributed by atoms with E-state index in [1.54, 1.807) is 0 Å². The van der Waals surface area contributed by atoms with Crippen molar-refractivity contribution in [1.82, 2.24) is 0 Å². The number of hydrogen-bond donors (Lipinski definition) is 3. The topological polar surface area (TPSA) is 138 Å². The molecule has 2 unspecified atom stereocenters. The molecular weight excluding hydrogens is 545 g/mol. The molecule has 0 amide bonds. The van der Waals surface area contributed by atoms with Crippen LogP contribution in [0.25, 0.3) is 0 Å². The van der Waals surface area contributed by atoms with Gasteiger partial charge in [0.25, 0.3) is 0 Å². The Morgan fingerprint density at radius 3 is 1.66 bits per heavy atom. The summed E-state index contributed by atoms with van der Waals surface area (Å²) in [5.41, 5.74) is 5.31. The van der Waals surface area contributed by atoms with Crippen molar-refractivity contribution in [2.45, 2.75) is 167 Å². The number of carbonyl (C=O) groups is 1. The van der Waals surface area contributed by atoms with Crippen LogP contribution in [-0.4, -0.2) is 54.7 Å². The quantitative estimate of drug-likeness (QED) is 0.0300. The van der Waals surface area contributed by atoms with Gasteiger partial charge in [-0.05, 0) is 19.3 Å². The molecule has 9 nitrogen and oxygen atoms in total. The molecule has 3 atom stereocenters. The number of unbranched alkanes of at least 4 members (excludes halogenated alkanes) is 18. The minimum absolute atomic E-state index is 0.0689. The lowest BCUT2D eigenvalue weighted by atomic mass is 10.1. The molecule has 0 rings (SSSR count). The lowest BCUT2D eigenvalue weighted by Gasteiger charge is -2.21. The number of ether oxygens (including phenoxy) is 2. The number of rotatable bonds is 32. The van der Waals surface area contributed by atoms with Crippen molar-refractivity contribution in [3.8, 4) is 0 Å². The summed E-state index contributed by atoms with van der Waals surface area (Å²) in [4.78, 5) is 22.2. The number of carbonyl (C=O) groups excluding carboxylic acids is 1. The van der Waals surface area contributed by atoms with Gasteiger partial charge in [-0.1, -0.05) is 129 Å². The molecule has 0 fully saturated rings. The molecule has 0 aliphatic heterocycles. The average molecular weight is 610 g/mol. The SMILES string of the molecule is CCCCCCCCCCCCCC(=O)O[C@H](COC(O)CCCCCCCCCCC)COP(=O)(O)OCCN. The summed E-state index contributed by atoms with van der Waals surface area (Å²) in [5.74, 6) is -0.415. The van der Waals surface area contributed by atoms with Gasteiger partial charge >= 0.3 is 13.8 Å². The third kappa shape index (κ3) is 29.3. The van der Waals surface area contributed by atoms with Crippen molar-refractivity contribution >= 4 is 13.8 Å². The summed E-state index contributed by atoms with van der Waals surface area (Å²) in [7, 11) is -4.33. The van der Waals surface area contributed by atoms with Crippen molar-refractivity contribution < 1.29 is 37.9 Å². The molecule has 0 aromatic rings. The summed E-state index contributed by atoms with van der Waals surface area (Å²) in [5, 5.41) is 10.2. The minimum Gasteiger partial charge on any atom is -0.457 e. The van der Waals surface area contributed by atoms with Crippen molar-refractivity contribution in [2.75, 3.05) is 26.4 Å². The maximum Gasteiger partial charge on any atom is 0.472 e. The molecule has 0 heterocycles. The van der Waals surface area contributed by atoms with Crippen LogP contribution in [0.1, 0.15) is 155 Å². The van der Waals surface area contributed by atoms with Crippen LogP contribution in [0.4, 0.5) is 0 Å². The fourth-order valence-electron chi connectivity index (χ4n) is 4.61. The smallest absolute Gasteiger partial charge is 0.457 e. The van der Waals surface area contributed by atoms with Crippen molar-refractivity contribution in [1.29, 1.82) is 0 Å². The molecule has 41 heavy (non-hydrogen) atoms. The molecule has 0 aromatic heterocycles. The van der Waals surface area contributed by atoms with Gasteiger partial charge in [-0.3, -0.25) is 13.8 Å². The molecular formula is C31H64NO8P. The summed E-state index contributed by atoms with van der Waals surface area (Å²) >= 11 is 0. The van der Waals surface area contributed by atoms with E-state index >= 15 is 0 Å². The molecule has 0 spiro atoms. The lowest BCUT2D eigenvalue weighted by molar-refractivity contribution is -0.166. The number of hydrogen-bond acceptors (Lipinski definition) is 8. The van der Waals surface area contributed by atoms with E-state index in [0.717, 1.165) is 38.5 Å². The Labute approximate surface area is 251 Å². The predicted octanol–water partition coefficient (Wildman–Crippen LogP) is 7.95. The Hall–Kier alpha value is -0.540. The molecule has 0 saturated carbocycles. The second kappa shape index (κ2) is 29.5. The van der Waals surface area contributed by atoms with Crippen LogP contribution < -0.4 is 5.73 Å². The number of aliphatic hydroxyl groups excluding tert-OH is 1. The van der Waals surface area contributed by atoms with Gasteiger partial charge in [0, 0.05) is 13.0 Å². The number of phosphoric acid groups is 1. The van der Waals surface area contributed by atoms with E-state index in [0.29, 0.717) is 6.42 Å². The zero-order valence-corrected chi connectivity index (χ0v) is 27.3. The highest BCUT2D eigenvalue weighted by Gasteiger charge is 2.25. The van der Waals surface area contributed by atoms with E-state index in [9.17, 15) is 19.4 Å². The first kappa shape index (κ1) is 40.5. The molecule has 4 N–H and O–H groups in total. The maximum absolute atomic E-state index is 12.4. The predicted molar refractivity (Wildman–Crippen MR) is 166 cm³/mol. The molecule has 0 aliphatic carbocycles. The molecule has 0 aromatic carbocycles. The fraction of sp³-hybridized carbons (Fsp3) is 0.968. The standard InChI is InChI=1S/C31H64NO8P/c1-3-5-7-9-11-13-14-16-18-20-22-24-31(34)40-29(28-39-41(35,36)38-26-25-32)27-37-30(33)23-21-19-17-15-12-10-8-6-4-2/h29-30,33H,3-28,32H2,1-2H3,(H,35,36)/t29-,30?/m1/s1. The van der Waals surface area contributed by atoms with Gasteiger partial charge in [-0.2, -0.15) is 0 Å². The van der Waals surface area contributed by atoms with Crippen LogP contribution in [0.2, 0.25) is 0 Å². The highest BCUT2D eigenvalue weighted by molar-refractivity contribution is 7.47. The van der Waals surface area contributed by atoms with Crippen molar-refractivity contribution in [2.24, 2.45) is 5.73 Å². The zero-order chi connectivity index (χ0) is 30.4. The molecule has 0 saturated heterocycles. The van der Waals surface area contributed by atoms with Crippen molar-refractivity contribution in [3.63, 3.8) is 0 Å². The van der Waals surface area contributed by atoms with E-state index in [1.165, 1.54) is 89.9 Å². The molecule has 10 heteroatoms. The molecule has 0 aliphatic rings. The van der Waals surface area contributed by atoms with Gasteiger partial charge in [-0.25, -0.2) is 4.57 Å². The summed E-state index contributed by atoms with van der Waals surface area (Å²) < 4.78 is 32.7. The zero-order valence-electron chi connectivity index (χ0n) is 26.4. The van der Waals surface area contributed by atoms with Gasteiger partial charge in [0.15, 0.2) is 6.29 Å². The van der Waals surface area contributed by atoms with E-state index in [-0.39, 0.29) is 32.8 Å². The van der Waals surface area contributed by atoms with E-state index in [2.05, 4.69) is 13.8 Å². The Balaban J connectivity index is 4.28. The van der Waals surface area contributed by atoms with E-state index < -0.39 is 26.2 Å². The van der Waals surface area contributed by atoms with Gasteiger partial charge < -0.3 is 25.2 Å². The Morgan fingerprint density at radius 1 is 0.707 bits per heavy atom. The van der Waals surface area contributed by atoms with Gasteiger partial charge in [-0.15, -0.1) is 0 Å². The Bertz CT molecular complexity index is 625. The Kier molecular flexibility index (Phi) is 29.1. The van der Waals surface area contributed by atoms with Gasteiger partial charge in [0.1, 0.15) is 6.10 Å². The number of phosphoric ester groups is 1.